The van der Waals surface area contributed by atoms with Gasteiger partial charge in [-0.05, 0) is 103 Å². The summed E-state index contributed by atoms with van der Waals surface area (Å²) in [5, 5.41) is 18.0. The number of piperazine rings is 1. The van der Waals surface area contributed by atoms with Gasteiger partial charge in [-0.25, -0.2) is 14.8 Å². The number of hydrogen-bond acceptors (Lipinski definition) is 11. The summed E-state index contributed by atoms with van der Waals surface area (Å²) in [6, 6.07) is 9.58. The Balaban J connectivity index is 1.16. The number of hydrogen-bond donors (Lipinski definition) is 3. The lowest BCUT2D eigenvalue weighted by molar-refractivity contribution is -0.0113. The van der Waals surface area contributed by atoms with Gasteiger partial charge in [-0.1, -0.05) is 6.07 Å². The number of aliphatic hydroxyl groups excluding tert-OH is 1. The number of aromatic nitrogens is 2. The third-order valence-corrected chi connectivity index (χ3v) is 10.0. The van der Waals surface area contributed by atoms with Gasteiger partial charge in [-0.2, -0.15) is 0 Å². The van der Waals surface area contributed by atoms with Crippen LogP contribution in [0, 0.1) is 6.92 Å². The van der Waals surface area contributed by atoms with Gasteiger partial charge < -0.3 is 34.5 Å². The number of anilines is 2. The van der Waals surface area contributed by atoms with E-state index in [1.807, 2.05) is 52.0 Å². The summed E-state index contributed by atoms with van der Waals surface area (Å²) in [5.74, 6) is 2.43. The van der Waals surface area contributed by atoms with Gasteiger partial charge in [0.1, 0.15) is 29.6 Å². The van der Waals surface area contributed by atoms with Crippen LogP contribution < -0.4 is 20.3 Å². The molecule has 1 saturated heterocycles. The van der Waals surface area contributed by atoms with Crippen molar-refractivity contribution in [3.8, 4) is 5.75 Å². The number of aryl methyl sites for hydroxylation is 1. The van der Waals surface area contributed by atoms with Crippen LogP contribution in [0.1, 0.15) is 86.8 Å². The maximum absolute atomic E-state index is 13.7. The van der Waals surface area contributed by atoms with Gasteiger partial charge in [0, 0.05) is 56.9 Å². The molecule has 1 aromatic carbocycles. The van der Waals surface area contributed by atoms with Gasteiger partial charge in [0.25, 0.3) is 5.91 Å². The van der Waals surface area contributed by atoms with Gasteiger partial charge in [-0.3, -0.25) is 14.6 Å². The highest BCUT2D eigenvalue weighted by atomic mass is 16.6. The number of nitrogens with zero attached hydrogens (tertiary/aromatic N) is 5. The summed E-state index contributed by atoms with van der Waals surface area (Å²) < 4.78 is 17.1. The van der Waals surface area contributed by atoms with Crippen LogP contribution in [0.15, 0.2) is 41.1 Å². The Bertz CT molecular complexity index is 1680. The molecule has 1 aliphatic carbocycles. The van der Waals surface area contributed by atoms with Crippen LogP contribution >= 0.6 is 0 Å². The Hall–Kier alpha value is -4.36. The largest absolute Gasteiger partial charge is 0.486 e. The molecule has 0 radical (unpaired) electrons. The van der Waals surface area contributed by atoms with Crippen molar-refractivity contribution in [2.75, 3.05) is 42.9 Å². The van der Waals surface area contributed by atoms with Gasteiger partial charge in [0.05, 0.1) is 17.8 Å². The van der Waals surface area contributed by atoms with Crippen molar-refractivity contribution in [2.24, 2.45) is 0 Å². The zero-order chi connectivity index (χ0) is 36.3. The maximum atomic E-state index is 13.7. The number of fused-ring (bicyclic) bond motifs is 1. The first-order valence-electron chi connectivity index (χ1n) is 18.2. The Morgan fingerprint density at radius 3 is 2.49 bits per heavy atom. The number of rotatable bonds is 11. The number of ether oxygens (including phenoxy) is 2. The lowest BCUT2D eigenvalue weighted by Gasteiger charge is -2.40. The van der Waals surface area contributed by atoms with Crippen LogP contribution in [0.2, 0.25) is 0 Å². The first-order valence-corrected chi connectivity index (χ1v) is 18.2. The normalized spacial score (nSPS) is 18.9. The molecule has 1 saturated carbocycles. The SMILES string of the molecule is Cc1ncoc1COc1ccc2c(c1)CN(C(=O)OC(C)(C)C)[C@H]([C@H](O)CNC(=O)c1cc(NC3CCC3)nc(N3CCN(C(C)C)CC3)c1)C2. The highest BCUT2D eigenvalue weighted by Gasteiger charge is 2.37. The molecule has 3 N–H and O–H groups in total. The van der Waals surface area contributed by atoms with Crippen molar-refractivity contribution >= 4 is 23.6 Å². The van der Waals surface area contributed by atoms with E-state index >= 15 is 0 Å². The second kappa shape index (κ2) is 15.5. The lowest BCUT2D eigenvalue weighted by Crippen LogP contribution is -2.54. The molecule has 276 valence electrons. The van der Waals surface area contributed by atoms with E-state index in [0.29, 0.717) is 41.4 Å². The minimum atomic E-state index is -1.06. The van der Waals surface area contributed by atoms with Gasteiger partial charge in [-0.15, -0.1) is 0 Å². The number of aliphatic hydroxyl groups is 1. The zero-order valence-electron chi connectivity index (χ0n) is 30.8. The number of amides is 2. The van der Waals surface area contributed by atoms with Gasteiger partial charge >= 0.3 is 6.09 Å². The molecule has 3 aliphatic rings. The minimum Gasteiger partial charge on any atom is -0.486 e. The second-order valence-corrected chi connectivity index (χ2v) is 15.2. The molecule has 2 fully saturated rings. The lowest BCUT2D eigenvalue weighted by atomic mass is 9.91. The van der Waals surface area contributed by atoms with Crippen LogP contribution in [0.25, 0.3) is 0 Å². The van der Waals surface area contributed by atoms with Crippen LogP contribution in [0.4, 0.5) is 16.4 Å². The quantitative estimate of drug-likeness (QED) is 0.251. The maximum Gasteiger partial charge on any atom is 0.410 e. The van der Waals surface area contributed by atoms with E-state index in [1.54, 1.807) is 11.0 Å². The molecule has 2 aliphatic heterocycles. The summed E-state index contributed by atoms with van der Waals surface area (Å²) in [6.07, 6.45) is 3.54. The summed E-state index contributed by atoms with van der Waals surface area (Å²) in [5.41, 5.74) is 2.39. The average Bonchev–Trinajstić information content (AvgIpc) is 3.50. The molecule has 2 amide bonds. The van der Waals surface area contributed by atoms with E-state index in [-0.39, 0.29) is 25.6 Å². The van der Waals surface area contributed by atoms with Gasteiger partial charge in [0.2, 0.25) is 0 Å². The molecule has 6 rings (SSSR count). The summed E-state index contributed by atoms with van der Waals surface area (Å²) in [7, 11) is 0. The highest BCUT2D eigenvalue weighted by Crippen LogP contribution is 2.31. The topological polar surface area (TPSA) is 146 Å². The van der Waals surface area contributed by atoms with Crippen LogP contribution in [-0.2, 0) is 24.3 Å². The summed E-state index contributed by atoms with van der Waals surface area (Å²) in [6.45, 7) is 15.6. The Morgan fingerprint density at radius 1 is 1.08 bits per heavy atom. The Kier molecular flexibility index (Phi) is 11.1. The number of benzene rings is 1. The molecular formula is C38H53N7O6. The zero-order valence-corrected chi connectivity index (χ0v) is 30.8. The first-order chi connectivity index (χ1) is 24.3. The fourth-order valence-electron chi connectivity index (χ4n) is 6.70. The van der Waals surface area contributed by atoms with Crippen molar-refractivity contribution in [3.05, 3.63) is 64.9 Å². The standard InChI is InChI=1S/C38H53N7O6/c1-24(2)43-12-14-44(15-13-43)35-19-27(18-34(42-35)41-29-8-7-9-29)36(47)39-20-32(46)31-17-26-10-11-30(49-22-33-25(3)40-23-50-33)16-28(26)21-45(31)37(48)51-38(4,5)6/h10-11,16,18-19,23-24,29,31-32,46H,7-9,12-15,17,20-22H2,1-6H3,(H,39,47)(H,41,42)/t31-,32+/m0/s1. The molecule has 0 bridgehead atoms. The summed E-state index contributed by atoms with van der Waals surface area (Å²) in [4.78, 5) is 42.5. The fraction of sp³-hybridized carbons (Fsp3) is 0.579. The smallest absolute Gasteiger partial charge is 0.410 e. The predicted molar refractivity (Wildman–Crippen MR) is 194 cm³/mol. The van der Waals surface area contributed by atoms with Crippen molar-refractivity contribution in [1.29, 1.82) is 0 Å². The first kappa shape index (κ1) is 36.4. The molecule has 13 nitrogen and oxygen atoms in total. The van der Waals surface area contributed by atoms with Crippen LogP contribution in [-0.4, -0.2) is 99.4 Å². The van der Waals surface area contributed by atoms with E-state index in [1.165, 1.54) is 12.8 Å². The Labute approximate surface area is 300 Å². The monoisotopic (exact) mass is 703 g/mol. The number of oxazole rings is 1. The molecule has 3 aromatic rings. The Morgan fingerprint density at radius 2 is 1.84 bits per heavy atom. The van der Waals surface area contributed by atoms with E-state index < -0.39 is 23.8 Å². The molecule has 51 heavy (non-hydrogen) atoms. The van der Waals surface area contributed by atoms with Gasteiger partial charge in [0.15, 0.2) is 12.2 Å². The van der Waals surface area contributed by atoms with Crippen molar-refractivity contribution in [1.82, 2.24) is 25.1 Å². The molecule has 4 heterocycles. The molecule has 2 atom stereocenters. The predicted octanol–water partition coefficient (Wildman–Crippen LogP) is 4.90. The number of carbonyl (C=O) groups is 2. The highest BCUT2D eigenvalue weighted by molar-refractivity contribution is 5.95. The molecule has 13 heteroatoms. The summed E-state index contributed by atoms with van der Waals surface area (Å²) >= 11 is 0. The minimum absolute atomic E-state index is 0.0496. The third kappa shape index (κ3) is 9.12. The number of pyridine rings is 1. The van der Waals surface area contributed by atoms with Crippen molar-refractivity contribution < 1.29 is 28.6 Å². The molecular weight excluding hydrogens is 650 g/mol. The number of nitrogens with one attached hydrogen (secondary N) is 2. The van der Waals surface area contributed by atoms with E-state index in [4.69, 9.17) is 18.9 Å². The number of carbonyl (C=O) groups excluding carboxylic acids is 2. The fourth-order valence-corrected chi connectivity index (χ4v) is 6.70. The van der Waals surface area contributed by atoms with Crippen molar-refractivity contribution in [3.63, 3.8) is 0 Å². The second-order valence-electron chi connectivity index (χ2n) is 15.2. The average molecular weight is 704 g/mol. The molecule has 0 unspecified atom stereocenters. The third-order valence-electron chi connectivity index (χ3n) is 10.0. The molecule has 2 aromatic heterocycles. The van der Waals surface area contributed by atoms with E-state index in [2.05, 4.69) is 39.3 Å². The van der Waals surface area contributed by atoms with Crippen LogP contribution in [0.3, 0.4) is 0 Å². The molecule has 0 spiro atoms. The van der Waals surface area contributed by atoms with Crippen molar-refractivity contribution in [2.45, 2.75) is 110 Å². The van der Waals surface area contributed by atoms with E-state index in [0.717, 1.165) is 61.7 Å². The van der Waals surface area contributed by atoms with Crippen LogP contribution in [0.5, 0.6) is 5.75 Å². The van der Waals surface area contributed by atoms with E-state index in [9.17, 15) is 14.7 Å².